The molecule has 2 rings (SSSR count). The molecule has 0 fully saturated rings. The number of aryl methyl sites for hydroxylation is 2. The molecule has 2 N–H and O–H groups in total. The summed E-state index contributed by atoms with van der Waals surface area (Å²) < 4.78 is 12.8. The Morgan fingerprint density at radius 1 is 1.12 bits per heavy atom. The molecule has 0 aromatic heterocycles. The molecule has 5 heteroatoms. The minimum Gasteiger partial charge on any atom is -0.325 e. The summed E-state index contributed by atoms with van der Waals surface area (Å²) in [5.74, 6) is -0.299. The monoisotopic (exact) mass is 348 g/mol. The predicted molar refractivity (Wildman–Crippen MR) is 97.1 cm³/mol. The van der Waals surface area contributed by atoms with Crippen molar-refractivity contribution >= 4 is 23.2 Å². The van der Waals surface area contributed by atoms with Gasteiger partial charge in [-0.15, -0.1) is 0 Å². The van der Waals surface area contributed by atoms with Crippen LogP contribution in [-0.4, -0.2) is 19.0 Å². The van der Waals surface area contributed by atoms with Crippen molar-refractivity contribution in [3.8, 4) is 0 Å². The van der Waals surface area contributed by atoms with Gasteiger partial charge in [0, 0.05) is 13.0 Å². The number of benzene rings is 2. The normalized spacial score (nSPS) is 10.7. The van der Waals surface area contributed by atoms with Crippen LogP contribution >= 0.6 is 11.6 Å². The van der Waals surface area contributed by atoms with Crippen molar-refractivity contribution in [2.24, 2.45) is 0 Å². The van der Waals surface area contributed by atoms with Gasteiger partial charge >= 0.3 is 0 Å². The first kappa shape index (κ1) is 18.4. The lowest BCUT2D eigenvalue weighted by Gasteiger charge is -2.12. The second kappa shape index (κ2) is 8.81. The van der Waals surface area contributed by atoms with E-state index in [0.29, 0.717) is 23.7 Å². The Balaban J connectivity index is 1.71. The molecule has 128 valence electrons. The van der Waals surface area contributed by atoms with Gasteiger partial charge in [0.15, 0.2) is 0 Å². The molecular weight excluding hydrogens is 327 g/mol. The summed E-state index contributed by atoms with van der Waals surface area (Å²) in [5.41, 5.74) is 3.77. The quantitative estimate of drug-likeness (QED) is 0.734. The minimum absolute atomic E-state index is 0.0712. The maximum Gasteiger partial charge on any atom is 0.225 e. The van der Waals surface area contributed by atoms with Crippen LogP contribution in [0.4, 0.5) is 10.1 Å². The minimum atomic E-state index is -0.228. The molecule has 1 amide bonds. The Hall–Kier alpha value is -1.91. The van der Waals surface area contributed by atoms with Gasteiger partial charge in [-0.05, 0) is 61.7 Å². The van der Waals surface area contributed by atoms with Crippen molar-refractivity contribution in [2.45, 2.75) is 26.7 Å². The fourth-order valence-electron chi connectivity index (χ4n) is 2.49. The predicted octanol–water partition coefficient (Wildman–Crippen LogP) is 4.26. The Labute approximate surface area is 147 Å². The maximum absolute atomic E-state index is 12.8. The van der Waals surface area contributed by atoms with E-state index in [1.165, 1.54) is 12.1 Å². The lowest BCUT2D eigenvalue weighted by molar-refractivity contribution is -0.116. The highest BCUT2D eigenvalue weighted by Gasteiger charge is 2.09. The highest BCUT2D eigenvalue weighted by molar-refractivity contribution is 6.34. The Morgan fingerprint density at radius 3 is 2.50 bits per heavy atom. The SMILES string of the molecule is Cc1cc(C)c(NC(=O)CCNCCc2ccc(F)cc2)c(Cl)c1. The van der Waals surface area contributed by atoms with Gasteiger partial charge in [-0.1, -0.05) is 29.8 Å². The van der Waals surface area contributed by atoms with Crippen LogP contribution in [0.2, 0.25) is 5.02 Å². The second-order valence-corrected chi connectivity index (χ2v) is 6.27. The molecule has 0 saturated carbocycles. The first-order valence-electron chi connectivity index (χ1n) is 7.97. The van der Waals surface area contributed by atoms with Crippen molar-refractivity contribution in [1.29, 1.82) is 0 Å². The number of anilines is 1. The average Bonchev–Trinajstić information content (AvgIpc) is 2.52. The molecule has 0 saturated heterocycles. The molecule has 2 aromatic carbocycles. The number of carbonyl (C=O) groups excluding carboxylic acids is 1. The van der Waals surface area contributed by atoms with Gasteiger partial charge in [-0.3, -0.25) is 4.79 Å². The topological polar surface area (TPSA) is 41.1 Å². The van der Waals surface area contributed by atoms with Crippen molar-refractivity contribution in [2.75, 3.05) is 18.4 Å². The zero-order valence-corrected chi connectivity index (χ0v) is 14.7. The molecule has 0 bridgehead atoms. The van der Waals surface area contributed by atoms with Crippen molar-refractivity contribution in [3.05, 3.63) is 63.9 Å². The average molecular weight is 349 g/mol. The molecule has 0 heterocycles. The van der Waals surface area contributed by atoms with Gasteiger partial charge in [-0.25, -0.2) is 4.39 Å². The number of nitrogens with one attached hydrogen (secondary N) is 2. The van der Waals surface area contributed by atoms with E-state index in [4.69, 9.17) is 11.6 Å². The van der Waals surface area contributed by atoms with Crippen LogP contribution < -0.4 is 10.6 Å². The van der Waals surface area contributed by atoms with Crippen LogP contribution in [0.15, 0.2) is 36.4 Å². The fourth-order valence-corrected chi connectivity index (χ4v) is 2.86. The van der Waals surface area contributed by atoms with Gasteiger partial charge in [0.25, 0.3) is 0 Å². The molecular formula is C19H22ClFN2O. The van der Waals surface area contributed by atoms with Crippen molar-refractivity contribution < 1.29 is 9.18 Å². The Morgan fingerprint density at radius 2 is 1.83 bits per heavy atom. The standard InChI is InChI=1S/C19H22ClFN2O/c1-13-11-14(2)19(17(20)12-13)23-18(24)8-10-22-9-7-15-3-5-16(21)6-4-15/h3-6,11-12,22H,7-10H2,1-2H3,(H,23,24). The number of hydrogen-bond donors (Lipinski definition) is 2. The van der Waals surface area contributed by atoms with E-state index in [9.17, 15) is 9.18 Å². The number of halogens is 2. The van der Waals surface area contributed by atoms with Crippen LogP contribution in [0.3, 0.4) is 0 Å². The molecule has 2 aromatic rings. The van der Waals surface area contributed by atoms with E-state index in [-0.39, 0.29) is 11.7 Å². The molecule has 0 spiro atoms. The Bertz CT molecular complexity index is 678. The molecule has 3 nitrogen and oxygen atoms in total. The van der Waals surface area contributed by atoms with Gasteiger partial charge in [0.2, 0.25) is 5.91 Å². The third-order valence-electron chi connectivity index (χ3n) is 3.73. The lowest BCUT2D eigenvalue weighted by Crippen LogP contribution is -2.24. The third kappa shape index (κ3) is 5.62. The largest absolute Gasteiger partial charge is 0.325 e. The highest BCUT2D eigenvalue weighted by atomic mass is 35.5. The fraction of sp³-hybridized carbons (Fsp3) is 0.316. The molecule has 0 atom stereocenters. The molecule has 0 aliphatic rings. The van der Waals surface area contributed by atoms with Gasteiger partial charge in [0.1, 0.15) is 5.82 Å². The van der Waals surface area contributed by atoms with Crippen LogP contribution in [0.25, 0.3) is 0 Å². The first-order valence-corrected chi connectivity index (χ1v) is 8.35. The zero-order valence-electron chi connectivity index (χ0n) is 14.0. The molecule has 0 aliphatic heterocycles. The lowest BCUT2D eigenvalue weighted by atomic mass is 10.1. The van der Waals surface area contributed by atoms with Gasteiger partial charge in [-0.2, -0.15) is 0 Å². The van der Waals surface area contributed by atoms with E-state index in [0.717, 1.165) is 29.7 Å². The first-order chi connectivity index (χ1) is 11.5. The second-order valence-electron chi connectivity index (χ2n) is 5.86. The highest BCUT2D eigenvalue weighted by Crippen LogP contribution is 2.27. The Kier molecular flexibility index (Phi) is 6.76. The van der Waals surface area contributed by atoms with Crippen molar-refractivity contribution in [3.63, 3.8) is 0 Å². The summed E-state index contributed by atoms with van der Waals surface area (Å²) in [4.78, 5) is 12.0. The summed E-state index contributed by atoms with van der Waals surface area (Å²) >= 11 is 6.18. The smallest absolute Gasteiger partial charge is 0.225 e. The van der Waals surface area contributed by atoms with Crippen molar-refractivity contribution in [1.82, 2.24) is 5.32 Å². The van der Waals surface area contributed by atoms with E-state index < -0.39 is 0 Å². The third-order valence-corrected chi connectivity index (χ3v) is 4.03. The molecule has 0 aliphatic carbocycles. The van der Waals surface area contributed by atoms with Gasteiger partial charge in [0.05, 0.1) is 10.7 Å². The summed E-state index contributed by atoms with van der Waals surface area (Å²) in [7, 11) is 0. The van der Waals surface area contributed by atoms with Crippen LogP contribution in [-0.2, 0) is 11.2 Å². The molecule has 0 radical (unpaired) electrons. The van der Waals surface area contributed by atoms with Crippen LogP contribution in [0.1, 0.15) is 23.1 Å². The van der Waals surface area contributed by atoms with E-state index >= 15 is 0 Å². The van der Waals surface area contributed by atoms with Crippen LogP contribution in [0, 0.1) is 19.7 Å². The summed E-state index contributed by atoms with van der Waals surface area (Å²) in [6.45, 7) is 5.21. The van der Waals surface area contributed by atoms with E-state index in [2.05, 4.69) is 10.6 Å². The van der Waals surface area contributed by atoms with Crippen LogP contribution in [0.5, 0.6) is 0 Å². The number of hydrogen-bond acceptors (Lipinski definition) is 2. The number of carbonyl (C=O) groups is 1. The molecule has 0 unspecified atom stereocenters. The van der Waals surface area contributed by atoms with Gasteiger partial charge < -0.3 is 10.6 Å². The van der Waals surface area contributed by atoms with E-state index in [1.54, 1.807) is 12.1 Å². The summed E-state index contributed by atoms with van der Waals surface area (Å²) in [6, 6.07) is 10.3. The zero-order chi connectivity index (χ0) is 17.5. The summed E-state index contributed by atoms with van der Waals surface area (Å²) in [5, 5.41) is 6.64. The number of rotatable bonds is 7. The van der Waals surface area contributed by atoms with E-state index in [1.807, 2.05) is 26.0 Å². The maximum atomic E-state index is 12.8. The summed E-state index contributed by atoms with van der Waals surface area (Å²) in [6.07, 6.45) is 1.16. The molecule has 24 heavy (non-hydrogen) atoms. The number of amides is 1.